The Hall–Kier alpha value is -2.64. The van der Waals surface area contributed by atoms with E-state index in [9.17, 15) is 8.78 Å². The van der Waals surface area contributed by atoms with Gasteiger partial charge in [-0.25, -0.2) is 18.7 Å². The molecule has 6 nitrogen and oxygen atoms in total. The van der Waals surface area contributed by atoms with E-state index in [0.29, 0.717) is 18.1 Å². The predicted octanol–water partition coefficient (Wildman–Crippen LogP) is 3.35. The first-order chi connectivity index (χ1) is 12.7. The van der Waals surface area contributed by atoms with E-state index in [-0.39, 0.29) is 5.70 Å². The molecule has 8 heteroatoms. The van der Waals surface area contributed by atoms with Gasteiger partial charge in [0.15, 0.2) is 5.82 Å². The molecule has 138 valence electrons. The minimum atomic E-state index is -2.64. The van der Waals surface area contributed by atoms with E-state index >= 15 is 0 Å². The summed E-state index contributed by atoms with van der Waals surface area (Å²) in [5, 5.41) is 0. The fourth-order valence-electron chi connectivity index (χ4n) is 3.06. The number of halogens is 2. The van der Waals surface area contributed by atoms with Crippen molar-refractivity contribution in [3.05, 3.63) is 36.2 Å². The molecule has 0 aromatic carbocycles. The van der Waals surface area contributed by atoms with Crippen molar-refractivity contribution in [3.8, 4) is 0 Å². The number of rotatable bonds is 5. The summed E-state index contributed by atoms with van der Waals surface area (Å²) in [5.74, 6) is 1.27. The van der Waals surface area contributed by atoms with Crippen LogP contribution < -0.4 is 4.90 Å². The normalized spacial score (nSPS) is 18.7. The van der Waals surface area contributed by atoms with Gasteiger partial charge in [0.2, 0.25) is 0 Å². The second kappa shape index (κ2) is 8.64. The molecular formula is C18H22F2N6. The van der Waals surface area contributed by atoms with Crippen LogP contribution in [0.3, 0.4) is 0 Å². The lowest BCUT2D eigenvalue weighted by molar-refractivity contribution is 0.185. The average molecular weight is 360 g/mol. The fraction of sp³-hybridized carbons (Fsp3) is 0.444. The molecule has 0 amide bonds. The van der Waals surface area contributed by atoms with Crippen LogP contribution in [-0.4, -0.2) is 53.9 Å². The zero-order chi connectivity index (χ0) is 18.4. The van der Waals surface area contributed by atoms with Gasteiger partial charge in [0, 0.05) is 31.7 Å². The van der Waals surface area contributed by atoms with Crippen molar-refractivity contribution >= 4 is 24.4 Å². The van der Waals surface area contributed by atoms with Gasteiger partial charge in [0.05, 0.1) is 12.7 Å². The molecular weight excluding hydrogens is 338 g/mol. The van der Waals surface area contributed by atoms with Crippen LogP contribution in [0.4, 0.5) is 14.6 Å². The van der Waals surface area contributed by atoms with Crippen molar-refractivity contribution in [3.63, 3.8) is 0 Å². The minimum Gasteiger partial charge on any atom is -0.357 e. The molecule has 0 unspecified atom stereocenters. The number of aromatic nitrogens is 2. The Morgan fingerprint density at radius 3 is 2.69 bits per heavy atom. The first-order valence-corrected chi connectivity index (χ1v) is 8.72. The Bertz CT molecular complexity index is 720. The van der Waals surface area contributed by atoms with Crippen molar-refractivity contribution in [2.24, 2.45) is 9.98 Å². The number of alkyl halides is 2. The maximum absolute atomic E-state index is 13.0. The molecule has 0 saturated carbocycles. The Balaban J connectivity index is 1.89. The molecule has 1 fully saturated rings. The van der Waals surface area contributed by atoms with Crippen LogP contribution in [0.5, 0.6) is 0 Å². The van der Waals surface area contributed by atoms with Crippen molar-refractivity contribution in [2.75, 3.05) is 24.5 Å². The van der Waals surface area contributed by atoms with Crippen LogP contribution >= 0.6 is 0 Å². The standard InChI is InChI=1S/C18H22F2N6/c1-21-12-15(26-11-8-22-14(13-26)17(19)20)18-23-7-6-16(24-18)25-9-4-2-3-5-10-25/h6-8,12-13,17H,1-5,9-11H2/b15-12-. The van der Waals surface area contributed by atoms with Crippen molar-refractivity contribution in [1.82, 2.24) is 14.9 Å². The number of nitrogens with zero attached hydrogens (tertiary/aromatic N) is 6. The smallest absolute Gasteiger partial charge is 0.281 e. The zero-order valence-electron chi connectivity index (χ0n) is 14.6. The summed E-state index contributed by atoms with van der Waals surface area (Å²) in [5.41, 5.74) is 0.218. The average Bonchev–Trinajstić information content (AvgIpc) is 2.96. The molecule has 0 bridgehead atoms. The molecule has 1 saturated heterocycles. The fourth-order valence-corrected chi connectivity index (χ4v) is 3.06. The third kappa shape index (κ3) is 4.30. The molecule has 0 atom stereocenters. The summed E-state index contributed by atoms with van der Waals surface area (Å²) in [7, 11) is 0. The second-order valence-corrected chi connectivity index (χ2v) is 6.16. The summed E-state index contributed by atoms with van der Waals surface area (Å²) >= 11 is 0. The monoisotopic (exact) mass is 360 g/mol. The van der Waals surface area contributed by atoms with Gasteiger partial charge in [-0.2, -0.15) is 0 Å². The number of aliphatic imine (C=N–C) groups is 2. The molecule has 0 radical (unpaired) electrons. The maximum atomic E-state index is 13.0. The van der Waals surface area contributed by atoms with Gasteiger partial charge < -0.3 is 9.80 Å². The van der Waals surface area contributed by atoms with E-state index in [1.54, 1.807) is 11.1 Å². The number of hydrogen-bond donors (Lipinski definition) is 0. The van der Waals surface area contributed by atoms with Crippen molar-refractivity contribution in [1.29, 1.82) is 0 Å². The van der Waals surface area contributed by atoms with Crippen LogP contribution in [-0.2, 0) is 0 Å². The van der Waals surface area contributed by atoms with Crippen LogP contribution in [0, 0.1) is 0 Å². The Kier molecular flexibility index (Phi) is 6.04. The Morgan fingerprint density at radius 1 is 1.23 bits per heavy atom. The highest BCUT2D eigenvalue weighted by molar-refractivity contribution is 5.70. The van der Waals surface area contributed by atoms with Gasteiger partial charge in [0.25, 0.3) is 6.43 Å². The summed E-state index contributed by atoms with van der Waals surface area (Å²) in [6.07, 6.45) is 8.02. The van der Waals surface area contributed by atoms with Crippen LogP contribution in [0.25, 0.3) is 5.70 Å². The Morgan fingerprint density at radius 2 is 2.00 bits per heavy atom. The lowest BCUT2D eigenvalue weighted by Crippen LogP contribution is -2.27. The first-order valence-electron chi connectivity index (χ1n) is 8.72. The molecule has 1 aromatic rings. The molecule has 0 spiro atoms. The quantitative estimate of drug-likeness (QED) is 0.756. The minimum absolute atomic E-state index is 0.296. The van der Waals surface area contributed by atoms with Gasteiger partial charge >= 0.3 is 0 Å². The highest BCUT2D eigenvalue weighted by atomic mass is 19.3. The zero-order valence-corrected chi connectivity index (χ0v) is 14.6. The summed E-state index contributed by atoms with van der Waals surface area (Å²) < 4.78 is 26.0. The van der Waals surface area contributed by atoms with Crippen LogP contribution in [0.15, 0.2) is 40.3 Å². The molecule has 2 aliphatic rings. The van der Waals surface area contributed by atoms with Gasteiger partial charge in [-0.1, -0.05) is 12.8 Å². The predicted molar refractivity (Wildman–Crippen MR) is 99.5 cm³/mol. The molecule has 26 heavy (non-hydrogen) atoms. The van der Waals surface area contributed by atoms with Crippen molar-refractivity contribution in [2.45, 2.75) is 32.1 Å². The highest BCUT2D eigenvalue weighted by Gasteiger charge is 2.20. The number of allylic oxidation sites excluding steroid dienone is 1. The van der Waals surface area contributed by atoms with E-state index < -0.39 is 6.43 Å². The third-order valence-electron chi connectivity index (χ3n) is 4.35. The van der Waals surface area contributed by atoms with E-state index in [2.05, 4.69) is 31.6 Å². The van der Waals surface area contributed by atoms with Gasteiger partial charge in [-0.15, -0.1) is 0 Å². The topological polar surface area (TPSA) is 57.0 Å². The van der Waals surface area contributed by atoms with Gasteiger partial charge in [-0.05, 0) is 25.6 Å². The van der Waals surface area contributed by atoms with E-state index in [0.717, 1.165) is 31.7 Å². The lowest BCUT2D eigenvalue weighted by atomic mass is 10.2. The second-order valence-electron chi connectivity index (χ2n) is 6.16. The molecule has 3 heterocycles. The van der Waals surface area contributed by atoms with Crippen LogP contribution in [0.1, 0.15) is 31.5 Å². The highest BCUT2D eigenvalue weighted by Crippen LogP contribution is 2.24. The number of hydrogen-bond acceptors (Lipinski definition) is 6. The Labute approximate surface area is 151 Å². The van der Waals surface area contributed by atoms with E-state index in [1.807, 2.05) is 6.07 Å². The third-order valence-corrected chi connectivity index (χ3v) is 4.35. The lowest BCUT2D eigenvalue weighted by Gasteiger charge is -2.25. The molecule has 3 rings (SSSR count). The summed E-state index contributed by atoms with van der Waals surface area (Å²) in [6, 6.07) is 1.88. The van der Waals surface area contributed by atoms with Crippen LogP contribution in [0.2, 0.25) is 0 Å². The van der Waals surface area contributed by atoms with Gasteiger partial charge in [0.1, 0.15) is 17.2 Å². The summed E-state index contributed by atoms with van der Waals surface area (Å²) in [6.45, 7) is 5.74. The SMILES string of the molecule is C=N/C=C(/c1nccc(N2CCCCCC2)n1)N1C=C(C(F)F)N=CC1. The largest absolute Gasteiger partial charge is 0.357 e. The molecule has 0 N–H and O–H groups in total. The molecule has 0 aliphatic carbocycles. The molecule has 1 aromatic heterocycles. The molecule has 2 aliphatic heterocycles. The van der Waals surface area contributed by atoms with Gasteiger partial charge in [-0.3, -0.25) is 9.98 Å². The van der Waals surface area contributed by atoms with Crippen molar-refractivity contribution < 1.29 is 8.78 Å². The van der Waals surface area contributed by atoms with E-state index in [4.69, 9.17) is 0 Å². The number of anilines is 1. The maximum Gasteiger partial charge on any atom is 0.281 e. The summed E-state index contributed by atoms with van der Waals surface area (Å²) in [4.78, 5) is 20.4. The first kappa shape index (κ1) is 18.2. The van der Waals surface area contributed by atoms with E-state index in [1.165, 1.54) is 31.5 Å².